The zero-order valence-electron chi connectivity index (χ0n) is 11.4. The summed E-state index contributed by atoms with van der Waals surface area (Å²) in [6, 6.07) is 3.11. The molecule has 1 rings (SSSR count). The minimum absolute atomic E-state index is 0.00873. The molecule has 1 unspecified atom stereocenters. The van der Waals surface area contributed by atoms with Gasteiger partial charge in [0.15, 0.2) is 0 Å². The molecule has 0 spiro atoms. The highest BCUT2D eigenvalue weighted by Gasteiger charge is 2.24. The molecule has 0 aliphatic rings. The maximum atomic E-state index is 11.0. The molecule has 0 aromatic carbocycles. The number of nitro groups is 1. The first-order valence-corrected chi connectivity index (χ1v) is 5.85. The largest absolute Gasteiger partial charge is 0.373 e. The van der Waals surface area contributed by atoms with Gasteiger partial charge in [-0.05, 0) is 18.4 Å². The molecule has 0 radical (unpaired) electrons. The maximum Gasteiger partial charge on any atom is 0.311 e. The minimum Gasteiger partial charge on any atom is -0.373 e. The molecule has 0 aliphatic heterocycles. The van der Waals surface area contributed by atoms with Crippen LogP contribution in [0.4, 0.5) is 17.3 Å². The highest BCUT2D eigenvalue weighted by Crippen LogP contribution is 2.28. The summed E-state index contributed by atoms with van der Waals surface area (Å²) in [5.74, 6) is 0.901. The van der Waals surface area contributed by atoms with E-state index in [4.69, 9.17) is 0 Å². The molecule has 0 saturated heterocycles. The van der Waals surface area contributed by atoms with Crippen LogP contribution in [0.5, 0.6) is 0 Å². The van der Waals surface area contributed by atoms with E-state index in [-0.39, 0.29) is 17.1 Å². The summed E-state index contributed by atoms with van der Waals surface area (Å²) in [4.78, 5) is 14.7. The summed E-state index contributed by atoms with van der Waals surface area (Å²) >= 11 is 0. The Labute approximate surface area is 107 Å². The zero-order valence-corrected chi connectivity index (χ0v) is 11.4. The molecule has 2 N–H and O–H groups in total. The van der Waals surface area contributed by atoms with Crippen LogP contribution >= 0.6 is 0 Å². The second-order valence-corrected chi connectivity index (χ2v) is 5.30. The number of hydrogen-bond donors (Lipinski definition) is 2. The Morgan fingerprint density at radius 1 is 1.39 bits per heavy atom. The molecule has 1 atom stereocenters. The maximum absolute atomic E-state index is 11.0. The SMILES string of the molecule is CNc1ccc([N+](=O)[O-])c(NC(C)C(C)(C)C)n1. The fraction of sp³-hybridized carbons (Fsp3) is 0.583. The second kappa shape index (κ2) is 5.20. The van der Waals surface area contributed by atoms with Crippen molar-refractivity contribution in [3.05, 3.63) is 22.2 Å². The number of rotatable bonds is 4. The van der Waals surface area contributed by atoms with Gasteiger partial charge < -0.3 is 10.6 Å². The number of nitrogens with one attached hydrogen (secondary N) is 2. The molecular formula is C12H20N4O2. The quantitative estimate of drug-likeness (QED) is 0.636. The van der Waals surface area contributed by atoms with Gasteiger partial charge in [0, 0.05) is 19.2 Å². The Balaban J connectivity index is 3.08. The first-order valence-electron chi connectivity index (χ1n) is 5.85. The highest BCUT2D eigenvalue weighted by molar-refractivity contribution is 5.60. The zero-order chi connectivity index (χ0) is 13.9. The van der Waals surface area contributed by atoms with E-state index in [1.807, 2.05) is 6.92 Å². The molecule has 0 bridgehead atoms. The van der Waals surface area contributed by atoms with E-state index in [1.54, 1.807) is 13.1 Å². The van der Waals surface area contributed by atoms with Crippen molar-refractivity contribution in [1.29, 1.82) is 0 Å². The Morgan fingerprint density at radius 2 is 2.00 bits per heavy atom. The van der Waals surface area contributed by atoms with E-state index >= 15 is 0 Å². The van der Waals surface area contributed by atoms with Crippen molar-refractivity contribution in [2.45, 2.75) is 33.7 Å². The average Bonchev–Trinajstić information content (AvgIpc) is 2.27. The number of pyridine rings is 1. The lowest BCUT2D eigenvalue weighted by atomic mass is 9.88. The molecule has 1 heterocycles. The summed E-state index contributed by atoms with van der Waals surface area (Å²) < 4.78 is 0. The molecule has 6 nitrogen and oxygen atoms in total. The molecule has 1 aromatic rings. The summed E-state index contributed by atoms with van der Waals surface area (Å²) in [5.41, 5.74) is -0.0179. The van der Waals surface area contributed by atoms with E-state index in [0.717, 1.165) is 0 Å². The lowest BCUT2D eigenvalue weighted by molar-refractivity contribution is -0.384. The van der Waals surface area contributed by atoms with Crippen LogP contribution in [0, 0.1) is 15.5 Å². The standard InChI is InChI=1S/C12H20N4O2/c1-8(12(2,3)4)14-11-9(16(17)18)6-7-10(13-5)15-11/h6-8H,1-5H3,(H2,13,14,15). The Bertz CT molecular complexity index is 440. The fourth-order valence-electron chi connectivity index (χ4n) is 1.27. The molecule has 0 aliphatic carbocycles. The number of hydrogen-bond acceptors (Lipinski definition) is 5. The van der Waals surface area contributed by atoms with E-state index in [9.17, 15) is 10.1 Å². The normalized spacial score (nSPS) is 12.9. The van der Waals surface area contributed by atoms with Crippen LogP contribution in [-0.4, -0.2) is 23.0 Å². The van der Waals surface area contributed by atoms with Gasteiger partial charge in [-0.25, -0.2) is 4.98 Å². The third-order valence-corrected chi connectivity index (χ3v) is 2.98. The van der Waals surface area contributed by atoms with E-state index in [2.05, 4.69) is 36.4 Å². The topological polar surface area (TPSA) is 80.1 Å². The second-order valence-electron chi connectivity index (χ2n) is 5.30. The molecule has 1 aromatic heterocycles. The van der Waals surface area contributed by atoms with E-state index in [0.29, 0.717) is 11.6 Å². The number of aromatic nitrogens is 1. The Morgan fingerprint density at radius 3 is 2.44 bits per heavy atom. The predicted molar refractivity (Wildman–Crippen MR) is 73.0 cm³/mol. The molecule has 6 heteroatoms. The van der Waals surface area contributed by atoms with Gasteiger partial charge in [0.05, 0.1) is 4.92 Å². The van der Waals surface area contributed by atoms with Crippen LogP contribution in [0.1, 0.15) is 27.7 Å². The fourth-order valence-corrected chi connectivity index (χ4v) is 1.27. The summed E-state index contributed by atoms with van der Waals surface area (Å²) in [6.45, 7) is 8.19. The van der Waals surface area contributed by atoms with Gasteiger partial charge in [-0.15, -0.1) is 0 Å². The van der Waals surface area contributed by atoms with Gasteiger partial charge in [-0.2, -0.15) is 0 Å². The predicted octanol–water partition coefficient (Wildman–Crippen LogP) is 2.88. The van der Waals surface area contributed by atoms with Crippen LogP contribution in [-0.2, 0) is 0 Å². The third-order valence-electron chi connectivity index (χ3n) is 2.98. The van der Waals surface area contributed by atoms with Crippen molar-refractivity contribution in [2.24, 2.45) is 5.41 Å². The first kappa shape index (κ1) is 14.2. The van der Waals surface area contributed by atoms with Crippen molar-refractivity contribution >= 4 is 17.3 Å². The number of anilines is 2. The molecule has 100 valence electrons. The minimum atomic E-state index is -0.426. The van der Waals surface area contributed by atoms with Crippen molar-refractivity contribution in [3.8, 4) is 0 Å². The molecule has 0 fully saturated rings. The molecule has 18 heavy (non-hydrogen) atoms. The van der Waals surface area contributed by atoms with Gasteiger partial charge in [0.1, 0.15) is 5.82 Å². The summed E-state index contributed by atoms with van der Waals surface area (Å²) in [7, 11) is 1.73. The monoisotopic (exact) mass is 252 g/mol. The van der Waals surface area contributed by atoms with Gasteiger partial charge in [0.2, 0.25) is 5.82 Å². The highest BCUT2D eigenvalue weighted by atomic mass is 16.6. The van der Waals surface area contributed by atoms with Crippen LogP contribution in [0.15, 0.2) is 12.1 Å². The smallest absolute Gasteiger partial charge is 0.311 e. The lowest BCUT2D eigenvalue weighted by Gasteiger charge is -2.28. The van der Waals surface area contributed by atoms with Crippen LogP contribution in [0.2, 0.25) is 0 Å². The van der Waals surface area contributed by atoms with Crippen molar-refractivity contribution in [3.63, 3.8) is 0 Å². The summed E-state index contributed by atoms with van der Waals surface area (Å²) in [5, 5.41) is 16.9. The van der Waals surface area contributed by atoms with Crippen LogP contribution in [0.25, 0.3) is 0 Å². The average molecular weight is 252 g/mol. The Hall–Kier alpha value is -1.85. The Kier molecular flexibility index (Phi) is 4.11. The van der Waals surface area contributed by atoms with Crippen LogP contribution in [0.3, 0.4) is 0 Å². The molecule has 0 saturated carbocycles. The van der Waals surface area contributed by atoms with Gasteiger partial charge in [0.25, 0.3) is 0 Å². The lowest BCUT2D eigenvalue weighted by Crippen LogP contribution is -2.31. The van der Waals surface area contributed by atoms with Crippen molar-refractivity contribution < 1.29 is 4.92 Å². The first-order chi connectivity index (χ1) is 8.25. The third kappa shape index (κ3) is 3.32. The van der Waals surface area contributed by atoms with E-state index < -0.39 is 4.92 Å². The molecule has 0 amide bonds. The van der Waals surface area contributed by atoms with Gasteiger partial charge >= 0.3 is 5.69 Å². The van der Waals surface area contributed by atoms with Crippen molar-refractivity contribution in [2.75, 3.05) is 17.7 Å². The number of nitrogens with zero attached hydrogens (tertiary/aromatic N) is 2. The van der Waals surface area contributed by atoms with Crippen molar-refractivity contribution in [1.82, 2.24) is 4.98 Å². The molecular weight excluding hydrogens is 232 g/mol. The summed E-state index contributed by atoms with van der Waals surface area (Å²) in [6.07, 6.45) is 0. The van der Waals surface area contributed by atoms with Gasteiger partial charge in [-0.3, -0.25) is 10.1 Å². The van der Waals surface area contributed by atoms with E-state index in [1.165, 1.54) is 6.07 Å². The van der Waals surface area contributed by atoms with Gasteiger partial charge in [-0.1, -0.05) is 20.8 Å². The van der Waals surface area contributed by atoms with Crippen LogP contribution < -0.4 is 10.6 Å².